The molecule has 166 valence electrons. The minimum absolute atomic E-state index is 0.109. The number of nitrogens with one attached hydrogen (secondary N) is 1. The monoisotopic (exact) mass is 442 g/mol. The average molecular weight is 443 g/mol. The van der Waals surface area contributed by atoms with Gasteiger partial charge in [0.2, 0.25) is 0 Å². The molecule has 0 aliphatic rings. The maximum absolute atomic E-state index is 13.9. The summed E-state index contributed by atoms with van der Waals surface area (Å²) in [5, 5.41) is 4.17. The lowest BCUT2D eigenvalue weighted by Crippen LogP contribution is -2.30. The fraction of sp³-hybridized carbons (Fsp3) is 0.0968. The molecule has 1 aromatic heterocycles. The van der Waals surface area contributed by atoms with E-state index < -0.39 is 0 Å². The summed E-state index contributed by atoms with van der Waals surface area (Å²) in [5.41, 5.74) is 7.45. The van der Waals surface area contributed by atoms with Crippen molar-refractivity contribution >= 4 is 16.8 Å². The summed E-state index contributed by atoms with van der Waals surface area (Å²) in [7, 11) is 0. The Morgan fingerprint density at radius 2 is 1.26 bits per heavy atom. The Bertz CT molecular complexity index is 1400. The van der Waals surface area contributed by atoms with Crippen LogP contribution in [0.2, 0.25) is 0 Å². The lowest BCUT2D eigenvalue weighted by molar-refractivity contribution is 0.0944. The van der Waals surface area contributed by atoms with Crippen LogP contribution < -0.4 is 5.32 Å². The van der Waals surface area contributed by atoms with Gasteiger partial charge >= 0.3 is 0 Å². The number of rotatable bonds is 5. The van der Waals surface area contributed by atoms with Gasteiger partial charge in [-0.15, -0.1) is 0 Å². The normalized spacial score (nSPS) is 11.0. The van der Waals surface area contributed by atoms with Gasteiger partial charge in [-0.05, 0) is 36.6 Å². The summed E-state index contributed by atoms with van der Waals surface area (Å²) in [6, 6.07) is 36.1. The number of benzene rings is 4. The molecule has 1 amide bonds. The number of para-hydroxylation sites is 1. The Hall–Kier alpha value is -4.24. The Balaban J connectivity index is 1.63. The van der Waals surface area contributed by atoms with Gasteiger partial charge in [0.05, 0.1) is 22.8 Å². The second-order valence-corrected chi connectivity index (χ2v) is 8.57. The molecule has 0 spiro atoms. The van der Waals surface area contributed by atoms with Crippen LogP contribution in [0.4, 0.5) is 0 Å². The number of carbonyl (C=O) groups excluding carboxylic acids is 1. The van der Waals surface area contributed by atoms with Crippen LogP contribution in [0.25, 0.3) is 22.2 Å². The quantitative estimate of drug-likeness (QED) is 0.317. The van der Waals surface area contributed by atoms with E-state index in [0.717, 1.165) is 38.9 Å². The molecule has 0 fully saturated rings. The number of aromatic nitrogens is 1. The van der Waals surface area contributed by atoms with Gasteiger partial charge in [-0.3, -0.25) is 4.79 Å². The molecule has 34 heavy (non-hydrogen) atoms. The van der Waals surface area contributed by atoms with Crippen molar-refractivity contribution in [3.05, 3.63) is 137 Å². The van der Waals surface area contributed by atoms with E-state index >= 15 is 0 Å². The molecule has 0 unspecified atom stereocenters. The standard InChI is InChI=1S/C31H26N2O/c1-21-17-19-25(20-18-21)29-22(2)28(26-15-9-10-16-27(26)32-29)31(34)33-30(23-11-5-3-6-12-23)24-13-7-4-8-14-24/h3-20,30H,1-2H3,(H,33,34). The first kappa shape index (κ1) is 21.6. The molecule has 0 saturated heterocycles. The number of nitrogens with zero attached hydrogens (tertiary/aromatic N) is 1. The Morgan fingerprint density at radius 1 is 0.706 bits per heavy atom. The van der Waals surface area contributed by atoms with E-state index in [-0.39, 0.29) is 11.9 Å². The predicted molar refractivity (Wildman–Crippen MR) is 139 cm³/mol. The van der Waals surface area contributed by atoms with Gasteiger partial charge in [0, 0.05) is 10.9 Å². The largest absolute Gasteiger partial charge is 0.341 e. The first-order chi connectivity index (χ1) is 16.6. The minimum Gasteiger partial charge on any atom is -0.341 e. The lowest BCUT2D eigenvalue weighted by atomic mass is 9.95. The highest BCUT2D eigenvalue weighted by molar-refractivity contribution is 6.09. The molecule has 0 bridgehead atoms. The topological polar surface area (TPSA) is 42.0 Å². The van der Waals surface area contributed by atoms with Gasteiger partial charge in [0.1, 0.15) is 0 Å². The van der Waals surface area contributed by atoms with Crippen molar-refractivity contribution in [2.45, 2.75) is 19.9 Å². The van der Waals surface area contributed by atoms with Crippen LogP contribution in [0.15, 0.2) is 109 Å². The SMILES string of the molecule is Cc1ccc(-c2nc3ccccc3c(C(=O)NC(c3ccccc3)c3ccccc3)c2C)cc1. The van der Waals surface area contributed by atoms with Crippen molar-refractivity contribution in [3.63, 3.8) is 0 Å². The van der Waals surface area contributed by atoms with E-state index in [2.05, 4.69) is 36.5 Å². The molecule has 5 aromatic rings. The first-order valence-corrected chi connectivity index (χ1v) is 11.5. The molecule has 0 radical (unpaired) electrons. The van der Waals surface area contributed by atoms with E-state index in [1.165, 1.54) is 5.56 Å². The highest BCUT2D eigenvalue weighted by Gasteiger charge is 2.23. The van der Waals surface area contributed by atoms with Crippen molar-refractivity contribution in [2.75, 3.05) is 0 Å². The average Bonchev–Trinajstić information content (AvgIpc) is 2.88. The van der Waals surface area contributed by atoms with Gasteiger partial charge in [0.15, 0.2) is 0 Å². The molecule has 0 saturated carbocycles. The molecule has 4 aromatic carbocycles. The van der Waals surface area contributed by atoms with Gasteiger partial charge in [-0.25, -0.2) is 4.98 Å². The zero-order valence-electron chi connectivity index (χ0n) is 19.3. The van der Waals surface area contributed by atoms with E-state index in [1.54, 1.807) is 0 Å². The molecule has 1 N–H and O–H groups in total. The van der Waals surface area contributed by atoms with Crippen LogP contribution >= 0.6 is 0 Å². The number of pyridine rings is 1. The number of hydrogen-bond donors (Lipinski definition) is 1. The maximum atomic E-state index is 13.9. The minimum atomic E-state index is -0.260. The highest BCUT2D eigenvalue weighted by atomic mass is 16.1. The maximum Gasteiger partial charge on any atom is 0.253 e. The first-order valence-electron chi connectivity index (χ1n) is 11.5. The van der Waals surface area contributed by atoms with Crippen molar-refractivity contribution in [3.8, 4) is 11.3 Å². The molecule has 3 nitrogen and oxygen atoms in total. The lowest BCUT2D eigenvalue weighted by Gasteiger charge is -2.22. The van der Waals surface area contributed by atoms with Crippen LogP contribution in [-0.2, 0) is 0 Å². The van der Waals surface area contributed by atoms with Crippen molar-refractivity contribution in [2.24, 2.45) is 0 Å². The third-order valence-electron chi connectivity index (χ3n) is 6.23. The molecule has 3 heteroatoms. The van der Waals surface area contributed by atoms with Gasteiger partial charge < -0.3 is 5.32 Å². The molecule has 1 heterocycles. The second kappa shape index (κ2) is 9.32. The molecule has 0 atom stereocenters. The van der Waals surface area contributed by atoms with Crippen molar-refractivity contribution < 1.29 is 4.79 Å². The number of fused-ring (bicyclic) bond motifs is 1. The molecule has 0 aliphatic carbocycles. The number of hydrogen-bond acceptors (Lipinski definition) is 2. The van der Waals surface area contributed by atoms with Gasteiger partial charge in [0.25, 0.3) is 5.91 Å². The van der Waals surface area contributed by atoms with Gasteiger partial charge in [-0.1, -0.05) is 109 Å². The van der Waals surface area contributed by atoms with Crippen LogP contribution in [0.3, 0.4) is 0 Å². The Morgan fingerprint density at radius 3 is 1.88 bits per heavy atom. The molecular weight excluding hydrogens is 416 g/mol. The zero-order valence-corrected chi connectivity index (χ0v) is 19.3. The third kappa shape index (κ3) is 4.20. The van der Waals surface area contributed by atoms with E-state index in [0.29, 0.717) is 5.56 Å². The summed E-state index contributed by atoms with van der Waals surface area (Å²) >= 11 is 0. The fourth-order valence-electron chi connectivity index (χ4n) is 4.45. The van der Waals surface area contributed by atoms with Gasteiger partial charge in [-0.2, -0.15) is 0 Å². The zero-order chi connectivity index (χ0) is 23.5. The molecule has 0 aliphatic heterocycles. The predicted octanol–water partition coefficient (Wildman–Crippen LogP) is 7.04. The fourth-order valence-corrected chi connectivity index (χ4v) is 4.45. The summed E-state index contributed by atoms with van der Waals surface area (Å²) < 4.78 is 0. The van der Waals surface area contributed by atoms with E-state index in [4.69, 9.17) is 4.98 Å². The van der Waals surface area contributed by atoms with Crippen molar-refractivity contribution in [1.82, 2.24) is 10.3 Å². The third-order valence-corrected chi connectivity index (χ3v) is 6.23. The highest BCUT2D eigenvalue weighted by Crippen LogP contribution is 2.31. The van der Waals surface area contributed by atoms with Crippen LogP contribution in [0, 0.1) is 13.8 Å². The number of aryl methyl sites for hydroxylation is 1. The number of amides is 1. The van der Waals surface area contributed by atoms with E-state index in [9.17, 15) is 4.79 Å². The van der Waals surface area contributed by atoms with Crippen molar-refractivity contribution in [1.29, 1.82) is 0 Å². The molecule has 5 rings (SSSR count). The van der Waals surface area contributed by atoms with E-state index in [1.807, 2.05) is 91.9 Å². The van der Waals surface area contributed by atoms with Crippen LogP contribution in [0.1, 0.15) is 38.7 Å². The molecular formula is C31H26N2O. The van der Waals surface area contributed by atoms with Crippen LogP contribution in [-0.4, -0.2) is 10.9 Å². The Kier molecular flexibility index (Phi) is 5.92. The Labute approximate surface area is 200 Å². The number of carbonyl (C=O) groups is 1. The smallest absolute Gasteiger partial charge is 0.253 e. The van der Waals surface area contributed by atoms with Crippen LogP contribution in [0.5, 0.6) is 0 Å². The summed E-state index contributed by atoms with van der Waals surface area (Å²) in [4.78, 5) is 18.9. The second-order valence-electron chi connectivity index (χ2n) is 8.57. The summed E-state index contributed by atoms with van der Waals surface area (Å²) in [6.45, 7) is 4.06. The summed E-state index contributed by atoms with van der Waals surface area (Å²) in [6.07, 6.45) is 0. The summed E-state index contributed by atoms with van der Waals surface area (Å²) in [5.74, 6) is -0.109.